The molecule has 7 heteroatoms. The Morgan fingerprint density at radius 3 is 2.07 bits per heavy atom. The van der Waals surface area contributed by atoms with Crippen molar-refractivity contribution < 1.29 is 9.59 Å². The van der Waals surface area contributed by atoms with Crippen LogP contribution >= 0.6 is 0 Å². The topological polar surface area (TPSA) is 93.1 Å². The Morgan fingerprint density at radius 1 is 0.897 bits per heavy atom. The van der Waals surface area contributed by atoms with Crippen LogP contribution in [0.4, 0.5) is 11.4 Å². The van der Waals surface area contributed by atoms with Crippen molar-refractivity contribution in [2.24, 2.45) is 0 Å². The van der Waals surface area contributed by atoms with Crippen molar-refractivity contribution in [2.45, 2.75) is 26.8 Å². The molecular formula is C22H22N4O3. The number of benzene rings is 2. The van der Waals surface area contributed by atoms with Gasteiger partial charge in [0.1, 0.15) is 6.04 Å². The first-order chi connectivity index (χ1) is 13.8. The quantitative estimate of drug-likeness (QED) is 0.698. The Bertz CT molecular complexity index is 1090. The summed E-state index contributed by atoms with van der Waals surface area (Å²) in [5.74, 6) is -0.540. The van der Waals surface area contributed by atoms with E-state index >= 15 is 0 Å². The minimum atomic E-state index is -0.803. The summed E-state index contributed by atoms with van der Waals surface area (Å²) in [5, 5.41) is 9.80. The minimum Gasteiger partial charge on any atom is -0.326 e. The van der Waals surface area contributed by atoms with E-state index in [-0.39, 0.29) is 17.4 Å². The summed E-state index contributed by atoms with van der Waals surface area (Å²) < 4.78 is 1.18. The Hall–Kier alpha value is -3.74. The fourth-order valence-corrected chi connectivity index (χ4v) is 2.78. The van der Waals surface area contributed by atoms with Gasteiger partial charge in [0.15, 0.2) is 0 Å². The van der Waals surface area contributed by atoms with E-state index in [1.165, 1.54) is 17.7 Å². The van der Waals surface area contributed by atoms with Crippen molar-refractivity contribution >= 4 is 23.2 Å². The van der Waals surface area contributed by atoms with Gasteiger partial charge in [-0.2, -0.15) is 5.10 Å². The van der Waals surface area contributed by atoms with Crippen molar-refractivity contribution in [1.82, 2.24) is 9.78 Å². The first kappa shape index (κ1) is 20.0. The van der Waals surface area contributed by atoms with E-state index < -0.39 is 6.04 Å². The fourth-order valence-electron chi connectivity index (χ4n) is 2.78. The van der Waals surface area contributed by atoms with Gasteiger partial charge in [-0.05, 0) is 44.2 Å². The van der Waals surface area contributed by atoms with Crippen LogP contribution in [0.2, 0.25) is 0 Å². The molecule has 3 aromatic rings. The van der Waals surface area contributed by atoms with E-state index in [0.717, 1.165) is 11.1 Å². The first-order valence-corrected chi connectivity index (χ1v) is 9.19. The molecule has 2 aromatic carbocycles. The lowest BCUT2D eigenvalue weighted by atomic mass is 10.1. The highest BCUT2D eigenvalue weighted by Crippen LogP contribution is 2.18. The highest BCUT2D eigenvalue weighted by molar-refractivity contribution is 5.94. The number of aryl methyl sites for hydroxylation is 1. The van der Waals surface area contributed by atoms with Crippen LogP contribution in [0, 0.1) is 6.92 Å². The average Bonchev–Trinajstić information content (AvgIpc) is 2.69. The summed E-state index contributed by atoms with van der Waals surface area (Å²) >= 11 is 0. The second kappa shape index (κ2) is 8.52. The molecule has 0 aliphatic carbocycles. The maximum atomic E-state index is 12.6. The molecule has 0 radical (unpaired) electrons. The molecule has 29 heavy (non-hydrogen) atoms. The maximum absolute atomic E-state index is 12.6. The lowest BCUT2D eigenvalue weighted by molar-refractivity contribution is -0.119. The predicted octanol–water partition coefficient (Wildman–Crippen LogP) is 3.38. The molecule has 0 aliphatic heterocycles. The first-order valence-electron chi connectivity index (χ1n) is 9.19. The van der Waals surface area contributed by atoms with Gasteiger partial charge in [0.05, 0.1) is 5.69 Å². The zero-order chi connectivity index (χ0) is 21.0. The lowest BCUT2D eigenvalue weighted by Gasteiger charge is -2.15. The van der Waals surface area contributed by atoms with Gasteiger partial charge in [-0.3, -0.25) is 14.4 Å². The van der Waals surface area contributed by atoms with E-state index in [2.05, 4.69) is 15.7 Å². The molecule has 1 heterocycles. The van der Waals surface area contributed by atoms with Gasteiger partial charge in [-0.25, -0.2) is 4.68 Å². The Balaban J connectivity index is 1.78. The molecule has 0 saturated carbocycles. The standard InChI is InChI=1S/C22H22N4O3/c1-14-4-6-17(7-5-14)20-12-13-21(28)26(25-20)15(2)22(29)24-19-10-8-18(9-11-19)23-16(3)27/h4-13,15H,1-3H3,(H,23,27)(H,24,29). The molecule has 0 spiro atoms. The van der Waals surface area contributed by atoms with E-state index in [1.807, 2.05) is 31.2 Å². The second-order valence-electron chi connectivity index (χ2n) is 6.79. The van der Waals surface area contributed by atoms with Crippen molar-refractivity contribution in [1.29, 1.82) is 0 Å². The second-order valence-corrected chi connectivity index (χ2v) is 6.79. The van der Waals surface area contributed by atoms with Gasteiger partial charge >= 0.3 is 0 Å². The number of amides is 2. The third-order valence-electron chi connectivity index (χ3n) is 4.39. The lowest BCUT2D eigenvalue weighted by Crippen LogP contribution is -2.33. The molecule has 1 atom stereocenters. The minimum absolute atomic E-state index is 0.172. The highest BCUT2D eigenvalue weighted by Gasteiger charge is 2.18. The molecule has 0 saturated heterocycles. The summed E-state index contributed by atoms with van der Waals surface area (Å²) in [6, 6.07) is 16.8. The highest BCUT2D eigenvalue weighted by atomic mass is 16.2. The van der Waals surface area contributed by atoms with Gasteiger partial charge in [-0.15, -0.1) is 0 Å². The largest absolute Gasteiger partial charge is 0.326 e. The molecule has 0 aliphatic rings. The van der Waals surface area contributed by atoms with Gasteiger partial charge < -0.3 is 10.6 Å². The number of nitrogens with zero attached hydrogens (tertiary/aromatic N) is 2. The van der Waals surface area contributed by atoms with Gasteiger partial charge in [0.2, 0.25) is 11.8 Å². The normalized spacial score (nSPS) is 11.6. The van der Waals surface area contributed by atoms with Gasteiger partial charge in [0.25, 0.3) is 5.56 Å². The SMILES string of the molecule is CC(=O)Nc1ccc(NC(=O)C(C)n2nc(-c3ccc(C)cc3)ccc2=O)cc1. The van der Waals surface area contributed by atoms with Crippen molar-refractivity contribution in [3.05, 3.63) is 76.6 Å². The summed E-state index contributed by atoms with van der Waals surface area (Å²) in [6.07, 6.45) is 0. The average molecular weight is 390 g/mol. The van der Waals surface area contributed by atoms with Crippen LogP contribution in [-0.2, 0) is 9.59 Å². The summed E-state index contributed by atoms with van der Waals surface area (Å²) in [6.45, 7) is 5.04. The molecule has 148 valence electrons. The molecule has 0 fully saturated rings. The molecule has 0 bridgehead atoms. The third-order valence-corrected chi connectivity index (χ3v) is 4.39. The van der Waals surface area contributed by atoms with Crippen LogP contribution in [0.5, 0.6) is 0 Å². The number of rotatable bonds is 5. The van der Waals surface area contributed by atoms with Crippen LogP contribution in [0.1, 0.15) is 25.5 Å². The van der Waals surface area contributed by atoms with E-state index in [4.69, 9.17) is 0 Å². The maximum Gasteiger partial charge on any atom is 0.267 e. The Kier molecular flexibility index (Phi) is 5.87. The van der Waals surface area contributed by atoms with Crippen molar-refractivity contribution in [3.63, 3.8) is 0 Å². The summed E-state index contributed by atoms with van der Waals surface area (Å²) in [4.78, 5) is 36.0. The van der Waals surface area contributed by atoms with Crippen LogP contribution < -0.4 is 16.2 Å². The monoisotopic (exact) mass is 390 g/mol. The van der Waals surface area contributed by atoms with Crippen LogP contribution in [0.15, 0.2) is 65.5 Å². The smallest absolute Gasteiger partial charge is 0.267 e. The third kappa shape index (κ3) is 4.95. The van der Waals surface area contributed by atoms with Crippen LogP contribution in [-0.4, -0.2) is 21.6 Å². The molecule has 1 aromatic heterocycles. The summed E-state index contributed by atoms with van der Waals surface area (Å²) in [7, 11) is 0. The van der Waals surface area contributed by atoms with Gasteiger partial charge in [-0.1, -0.05) is 29.8 Å². The van der Waals surface area contributed by atoms with Gasteiger partial charge in [0, 0.05) is 29.9 Å². The fraction of sp³-hybridized carbons (Fsp3) is 0.182. The predicted molar refractivity (Wildman–Crippen MR) is 113 cm³/mol. The van der Waals surface area contributed by atoms with Crippen molar-refractivity contribution in [3.8, 4) is 11.3 Å². The van der Waals surface area contributed by atoms with E-state index in [1.54, 1.807) is 37.3 Å². The number of nitrogens with one attached hydrogen (secondary N) is 2. The molecule has 7 nitrogen and oxygen atoms in total. The van der Waals surface area contributed by atoms with Crippen LogP contribution in [0.25, 0.3) is 11.3 Å². The molecular weight excluding hydrogens is 368 g/mol. The van der Waals surface area contributed by atoms with E-state index in [9.17, 15) is 14.4 Å². The number of carbonyl (C=O) groups is 2. The van der Waals surface area contributed by atoms with E-state index in [0.29, 0.717) is 17.1 Å². The Labute approximate surface area is 168 Å². The van der Waals surface area contributed by atoms with Crippen LogP contribution in [0.3, 0.4) is 0 Å². The summed E-state index contributed by atoms with van der Waals surface area (Å²) in [5.41, 5.74) is 3.43. The molecule has 1 unspecified atom stereocenters. The number of aromatic nitrogens is 2. The number of carbonyl (C=O) groups excluding carboxylic acids is 2. The number of anilines is 2. The zero-order valence-corrected chi connectivity index (χ0v) is 16.5. The number of hydrogen-bond acceptors (Lipinski definition) is 4. The van der Waals surface area contributed by atoms with Crippen molar-refractivity contribution in [2.75, 3.05) is 10.6 Å². The molecule has 2 N–H and O–H groups in total. The Morgan fingerprint density at radius 2 is 1.48 bits per heavy atom. The number of hydrogen-bond donors (Lipinski definition) is 2. The molecule has 3 rings (SSSR count). The zero-order valence-electron chi connectivity index (χ0n) is 16.5. The molecule has 2 amide bonds.